The predicted molar refractivity (Wildman–Crippen MR) is 89.0 cm³/mol. The maximum atomic E-state index is 11.5. The van der Waals surface area contributed by atoms with Crippen LogP contribution in [0, 0.1) is 0 Å². The Labute approximate surface area is 147 Å². The van der Waals surface area contributed by atoms with Gasteiger partial charge in [0, 0.05) is 11.5 Å². The fraction of sp³-hybridized carbons (Fsp3) is 0.833. The van der Waals surface area contributed by atoms with Crippen LogP contribution in [0.25, 0.3) is 0 Å². The first-order chi connectivity index (χ1) is 11.3. The topological polar surface area (TPSA) is 186 Å². The molecule has 10 nitrogen and oxygen atoms in total. The number of ether oxygens (including phenoxy) is 2. The molecular weight excluding hydrogens is 364 g/mol. The van der Waals surface area contributed by atoms with Crippen molar-refractivity contribution in [1.82, 2.24) is 0 Å². The van der Waals surface area contributed by atoms with Gasteiger partial charge in [0.1, 0.15) is 37.5 Å². The highest BCUT2D eigenvalue weighted by atomic mass is 33.1. The Hall–Kier alpha value is -0.600. The van der Waals surface area contributed by atoms with Gasteiger partial charge in [0.05, 0.1) is 13.2 Å². The van der Waals surface area contributed by atoms with Crippen LogP contribution in [0.15, 0.2) is 0 Å². The number of carbonyl (C=O) groups excluding carboxylic acids is 2. The summed E-state index contributed by atoms with van der Waals surface area (Å²) in [7, 11) is 2.41. The van der Waals surface area contributed by atoms with E-state index in [9.17, 15) is 9.59 Å². The van der Waals surface area contributed by atoms with Gasteiger partial charge in [-0.1, -0.05) is 21.6 Å². The molecule has 0 aliphatic heterocycles. The minimum atomic E-state index is -1.14. The Bertz CT molecular complexity index is 343. The lowest BCUT2D eigenvalue weighted by atomic mass is 10.3. The van der Waals surface area contributed by atoms with E-state index in [0.717, 1.165) is 0 Å². The first-order valence-electron chi connectivity index (χ1n) is 6.98. The van der Waals surface area contributed by atoms with Crippen molar-refractivity contribution in [2.75, 3.05) is 37.9 Å². The van der Waals surface area contributed by atoms with Crippen LogP contribution in [0.1, 0.15) is 0 Å². The summed E-state index contributed by atoms with van der Waals surface area (Å²) in [6.07, 6.45) is -2.28. The monoisotopic (exact) mass is 388 g/mol. The first kappa shape index (κ1) is 23.4. The fourth-order valence-corrected chi connectivity index (χ4v) is 3.27. The second-order valence-corrected chi connectivity index (χ2v) is 7.27. The van der Waals surface area contributed by atoms with Crippen LogP contribution >= 0.6 is 21.6 Å². The molecule has 0 spiro atoms. The minimum Gasteiger partial charge on any atom is -0.462 e. The van der Waals surface area contributed by atoms with Crippen LogP contribution in [-0.4, -0.2) is 94.6 Å². The molecule has 0 aromatic heterocycles. The molecule has 0 fully saturated rings. The first-order valence-corrected chi connectivity index (χ1v) is 9.47. The van der Waals surface area contributed by atoms with Gasteiger partial charge in [0.25, 0.3) is 0 Å². The van der Waals surface area contributed by atoms with Crippen LogP contribution in [0.4, 0.5) is 0 Å². The quantitative estimate of drug-likeness (QED) is 0.106. The summed E-state index contributed by atoms with van der Waals surface area (Å²) in [5.74, 6) is -1.03. The highest BCUT2D eigenvalue weighted by Gasteiger charge is 2.19. The smallest absolute Gasteiger partial charge is 0.323 e. The molecule has 0 aliphatic rings. The van der Waals surface area contributed by atoms with Crippen molar-refractivity contribution in [3.05, 3.63) is 0 Å². The summed E-state index contributed by atoms with van der Waals surface area (Å²) in [6, 6.07) is -1.84. The number of nitrogens with two attached hydrogens (primary N) is 2. The van der Waals surface area contributed by atoms with E-state index in [1.807, 2.05) is 0 Å². The molecule has 0 rings (SSSR count). The van der Waals surface area contributed by atoms with E-state index in [0.29, 0.717) is 0 Å². The van der Waals surface area contributed by atoms with Crippen LogP contribution in [0.2, 0.25) is 0 Å². The molecule has 0 bridgehead atoms. The number of hydrogen-bond donors (Lipinski definition) is 6. The third-order valence-electron chi connectivity index (χ3n) is 2.44. The fourth-order valence-electron chi connectivity index (χ4n) is 1.06. The lowest BCUT2D eigenvalue weighted by molar-refractivity contribution is -0.149. The summed E-state index contributed by atoms with van der Waals surface area (Å²) in [5, 5.41) is 35.3. The predicted octanol–water partition coefficient (Wildman–Crippen LogP) is -3.18. The Morgan fingerprint density at radius 3 is 1.46 bits per heavy atom. The molecule has 3 unspecified atom stereocenters. The SMILES string of the molecule is NC(CSSC[C@H](N)C(=O)OCC(O)CO)C(=O)OCC(O)CO. The Morgan fingerprint density at radius 2 is 1.17 bits per heavy atom. The van der Waals surface area contributed by atoms with Gasteiger partial charge >= 0.3 is 11.9 Å². The van der Waals surface area contributed by atoms with E-state index in [4.69, 9.17) is 41.4 Å². The summed E-state index contributed by atoms with van der Waals surface area (Å²) in [5.41, 5.74) is 11.2. The van der Waals surface area contributed by atoms with Gasteiger partial charge in [-0.3, -0.25) is 9.59 Å². The van der Waals surface area contributed by atoms with Crippen molar-refractivity contribution >= 4 is 33.5 Å². The van der Waals surface area contributed by atoms with Gasteiger partial charge in [-0.25, -0.2) is 0 Å². The number of aliphatic hydroxyl groups excluding tert-OH is 4. The van der Waals surface area contributed by atoms with Crippen LogP contribution in [0.3, 0.4) is 0 Å². The van der Waals surface area contributed by atoms with Crippen LogP contribution in [0.5, 0.6) is 0 Å². The number of carbonyl (C=O) groups is 2. The lowest BCUT2D eigenvalue weighted by Crippen LogP contribution is -2.37. The zero-order valence-electron chi connectivity index (χ0n) is 12.9. The third kappa shape index (κ3) is 11.0. The molecule has 0 heterocycles. The van der Waals surface area contributed by atoms with Gasteiger partial charge in [-0.05, 0) is 0 Å². The maximum Gasteiger partial charge on any atom is 0.323 e. The second-order valence-electron chi connectivity index (χ2n) is 4.71. The summed E-state index contributed by atoms with van der Waals surface area (Å²) >= 11 is 0. The molecule has 8 N–H and O–H groups in total. The molecule has 0 amide bonds. The molecule has 0 saturated heterocycles. The minimum absolute atomic E-state index is 0.198. The summed E-state index contributed by atoms with van der Waals surface area (Å²) in [6.45, 7) is -1.71. The van der Waals surface area contributed by atoms with Crippen molar-refractivity contribution in [2.45, 2.75) is 24.3 Å². The van der Waals surface area contributed by atoms with Crippen molar-refractivity contribution in [1.29, 1.82) is 0 Å². The molecule has 24 heavy (non-hydrogen) atoms. The standard InChI is InChI=1S/C12H24N2O8S2/c13-9(11(19)21-3-7(17)1-15)5-23-24-6-10(14)12(20)22-4-8(18)2-16/h7-10,15-18H,1-6,13-14H2/t7?,8?,9-,10?/m0/s1. The van der Waals surface area contributed by atoms with Crippen molar-refractivity contribution in [2.24, 2.45) is 11.5 Å². The van der Waals surface area contributed by atoms with Crippen LogP contribution < -0.4 is 11.5 Å². The Balaban J connectivity index is 3.82. The molecule has 0 aliphatic carbocycles. The van der Waals surface area contributed by atoms with E-state index >= 15 is 0 Å². The van der Waals surface area contributed by atoms with Gasteiger partial charge in [-0.15, -0.1) is 0 Å². The summed E-state index contributed by atoms with van der Waals surface area (Å²) < 4.78 is 9.40. The van der Waals surface area contributed by atoms with Crippen molar-refractivity contribution in [3.8, 4) is 0 Å². The van der Waals surface area contributed by atoms with Gasteiger partial charge < -0.3 is 41.4 Å². The van der Waals surface area contributed by atoms with Crippen molar-refractivity contribution in [3.63, 3.8) is 0 Å². The maximum absolute atomic E-state index is 11.5. The zero-order valence-corrected chi connectivity index (χ0v) is 14.6. The second kappa shape index (κ2) is 13.7. The van der Waals surface area contributed by atoms with E-state index in [1.54, 1.807) is 0 Å². The zero-order chi connectivity index (χ0) is 18.5. The highest BCUT2D eigenvalue weighted by Crippen LogP contribution is 2.22. The van der Waals surface area contributed by atoms with Gasteiger partial charge in [0.2, 0.25) is 0 Å². The molecule has 0 aromatic rings. The van der Waals surface area contributed by atoms with Gasteiger partial charge in [-0.2, -0.15) is 0 Å². The molecule has 0 aromatic carbocycles. The molecule has 4 atom stereocenters. The van der Waals surface area contributed by atoms with E-state index in [-0.39, 0.29) is 24.7 Å². The van der Waals surface area contributed by atoms with E-state index < -0.39 is 49.4 Å². The summed E-state index contributed by atoms with van der Waals surface area (Å²) in [4.78, 5) is 22.9. The normalized spacial score (nSPS) is 16.1. The number of aliphatic hydroxyl groups is 4. The number of hydrogen-bond acceptors (Lipinski definition) is 12. The Morgan fingerprint density at radius 1 is 0.833 bits per heavy atom. The van der Waals surface area contributed by atoms with E-state index in [2.05, 4.69) is 0 Å². The largest absolute Gasteiger partial charge is 0.462 e. The lowest BCUT2D eigenvalue weighted by Gasteiger charge is -2.14. The molecule has 12 heteroatoms. The molecule has 142 valence electrons. The Kier molecular flexibility index (Phi) is 13.3. The number of rotatable bonds is 13. The molecular formula is C12H24N2O8S2. The third-order valence-corrected chi connectivity index (χ3v) is 4.92. The number of esters is 2. The van der Waals surface area contributed by atoms with E-state index in [1.165, 1.54) is 21.6 Å². The average Bonchev–Trinajstić information content (AvgIpc) is 2.59. The van der Waals surface area contributed by atoms with Crippen molar-refractivity contribution < 1.29 is 39.5 Å². The molecule has 0 saturated carbocycles. The highest BCUT2D eigenvalue weighted by molar-refractivity contribution is 8.76. The average molecular weight is 388 g/mol. The molecule has 0 radical (unpaired) electrons. The van der Waals surface area contributed by atoms with Gasteiger partial charge in [0.15, 0.2) is 0 Å². The van der Waals surface area contributed by atoms with Crippen LogP contribution in [-0.2, 0) is 19.1 Å².